The van der Waals surface area contributed by atoms with E-state index >= 15 is 0 Å². The lowest BCUT2D eigenvalue weighted by atomic mass is 10.1. The number of hydrogen-bond acceptors (Lipinski definition) is 4. The summed E-state index contributed by atoms with van der Waals surface area (Å²) in [5.41, 5.74) is 7.66. The topological polar surface area (TPSA) is 70.1 Å². The maximum atomic E-state index is 11.8. The van der Waals surface area contributed by atoms with Gasteiger partial charge in [-0.1, -0.05) is 0 Å². The highest BCUT2D eigenvalue weighted by atomic mass is 16.5. The summed E-state index contributed by atoms with van der Waals surface area (Å²) in [6, 6.07) is 7.00. The Hall–Kier alpha value is -2.30. The smallest absolute Gasteiger partial charge is 0.338 e. The fourth-order valence-corrected chi connectivity index (χ4v) is 1.68. The molecule has 0 fully saturated rings. The molecule has 5 nitrogen and oxygen atoms in total. The lowest BCUT2D eigenvalue weighted by molar-refractivity contribution is 0.0487. The number of rotatable bonds is 4. The fraction of sp³-hybridized carbons (Fsp3) is 0.231. The van der Waals surface area contributed by atoms with Gasteiger partial charge in [0.05, 0.1) is 12.1 Å². The first kappa shape index (κ1) is 12.2. The highest BCUT2D eigenvalue weighted by molar-refractivity contribution is 5.90. The van der Waals surface area contributed by atoms with E-state index in [4.69, 9.17) is 10.5 Å². The maximum absolute atomic E-state index is 11.8. The van der Waals surface area contributed by atoms with Crippen LogP contribution in [0, 0.1) is 6.92 Å². The summed E-state index contributed by atoms with van der Waals surface area (Å²) < 4.78 is 6.86. The van der Waals surface area contributed by atoms with Gasteiger partial charge in [0.25, 0.3) is 0 Å². The highest BCUT2D eigenvalue weighted by Crippen LogP contribution is 2.12. The molecule has 0 amide bonds. The summed E-state index contributed by atoms with van der Waals surface area (Å²) in [4.78, 5) is 11.8. The van der Waals surface area contributed by atoms with Gasteiger partial charge in [-0.05, 0) is 36.8 Å². The second-order valence-electron chi connectivity index (χ2n) is 4.04. The molecule has 2 rings (SSSR count). The molecule has 1 aromatic heterocycles. The van der Waals surface area contributed by atoms with Gasteiger partial charge in [-0.2, -0.15) is 5.10 Å². The summed E-state index contributed by atoms with van der Waals surface area (Å²) in [6.07, 6.45) is 3.50. The summed E-state index contributed by atoms with van der Waals surface area (Å²) in [5, 5.41) is 4.02. The molecule has 2 N–H and O–H groups in total. The molecule has 0 unspecified atom stereocenters. The number of ether oxygens (including phenoxy) is 1. The number of nitrogen functional groups attached to an aromatic ring is 1. The van der Waals surface area contributed by atoms with Gasteiger partial charge in [0.2, 0.25) is 0 Å². The molecule has 2 aromatic rings. The molecule has 0 spiro atoms. The molecule has 0 aliphatic rings. The van der Waals surface area contributed by atoms with E-state index < -0.39 is 0 Å². The fourth-order valence-electron chi connectivity index (χ4n) is 1.68. The number of aromatic nitrogens is 2. The third kappa shape index (κ3) is 3.10. The molecule has 0 aliphatic heterocycles. The van der Waals surface area contributed by atoms with E-state index in [9.17, 15) is 4.79 Å². The molecule has 1 heterocycles. The van der Waals surface area contributed by atoms with Gasteiger partial charge in [-0.3, -0.25) is 4.68 Å². The van der Waals surface area contributed by atoms with Crippen molar-refractivity contribution in [1.82, 2.24) is 9.78 Å². The Kier molecular flexibility index (Phi) is 3.62. The van der Waals surface area contributed by atoms with Gasteiger partial charge in [-0.15, -0.1) is 0 Å². The van der Waals surface area contributed by atoms with Gasteiger partial charge in [-0.25, -0.2) is 4.79 Å². The van der Waals surface area contributed by atoms with Gasteiger partial charge < -0.3 is 10.5 Å². The molecule has 0 atom stereocenters. The lowest BCUT2D eigenvalue weighted by Gasteiger charge is -2.06. The zero-order valence-corrected chi connectivity index (χ0v) is 10.2. The van der Waals surface area contributed by atoms with E-state index in [1.54, 1.807) is 29.1 Å². The van der Waals surface area contributed by atoms with E-state index in [1.165, 1.54) is 0 Å². The number of aryl methyl sites for hydroxylation is 1. The second kappa shape index (κ2) is 5.35. The lowest BCUT2D eigenvalue weighted by Crippen LogP contribution is -2.12. The molecular weight excluding hydrogens is 230 g/mol. The zero-order valence-electron chi connectivity index (χ0n) is 10.2. The number of esters is 1. The van der Waals surface area contributed by atoms with Crippen molar-refractivity contribution in [3.8, 4) is 0 Å². The molecule has 0 aliphatic carbocycles. The predicted octanol–water partition coefficient (Wildman–Crippen LogP) is 1.63. The summed E-state index contributed by atoms with van der Waals surface area (Å²) in [6.45, 7) is 2.71. The summed E-state index contributed by atoms with van der Waals surface area (Å²) in [7, 11) is 0. The first-order valence-electron chi connectivity index (χ1n) is 5.67. The average Bonchev–Trinajstić information content (AvgIpc) is 2.80. The molecule has 0 saturated carbocycles. The molecule has 94 valence electrons. The molecule has 0 bridgehead atoms. The minimum absolute atomic E-state index is 0.286. The zero-order chi connectivity index (χ0) is 13.0. The summed E-state index contributed by atoms with van der Waals surface area (Å²) >= 11 is 0. The van der Waals surface area contributed by atoms with Crippen molar-refractivity contribution in [2.45, 2.75) is 13.5 Å². The number of carbonyl (C=O) groups is 1. The van der Waals surface area contributed by atoms with Gasteiger partial charge in [0.15, 0.2) is 0 Å². The monoisotopic (exact) mass is 245 g/mol. The number of benzene rings is 1. The predicted molar refractivity (Wildman–Crippen MR) is 68.1 cm³/mol. The Balaban J connectivity index is 1.91. The van der Waals surface area contributed by atoms with Crippen molar-refractivity contribution in [2.24, 2.45) is 0 Å². The van der Waals surface area contributed by atoms with Gasteiger partial charge >= 0.3 is 5.97 Å². The van der Waals surface area contributed by atoms with Crippen LogP contribution in [0.1, 0.15) is 15.9 Å². The van der Waals surface area contributed by atoms with Crippen LogP contribution < -0.4 is 5.73 Å². The van der Waals surface area contributed by atoms with Gasteiger partial charge in [0.1, 0.15) is 6.61 Å². The minimum atomic E-state index is -0.363. The third-order valence-corrected chi connectivity index (χ3v) is 2.45. The average molecular weight is 245 g/mol. The van der Waals surface area contributed by atoms with E-state index in [-0.39, 0.29) is 12.6 Å². The Morgan fingerprint density at radius 3 is 2.94 bits per heavy atom. The molecule has 5 heteroatoms. The number of nitrogens with zero attached hydrogens (tertiary/aromatic N) is 2. The first-order chi connectivity index (χ1) is 8.65. The quantitative estimate of drug-likeness (QED) is 0.656. The Labute approximate surface area is 105 Å². The number of hydrogen-bond donors (Lipinski definition) is 1. The standard InChI is InChI=1S/C13H15N3O2/c1-10-7-11(9-12(14)8-10)13(17)18-6-5-16-4-2-3-15-16/h2-4,7-9H,5-6,14H2,1H3. The van der Waals surface area contributed by atoms with Crippen molar-refractivity contribution in [2.75, 3.05) is 12.3 Å². The number of anilines is 1. The van der Waals surface area contributed by atoms with E-state index in [0.717, 1.165) is 5.56 Å². The van der Waals surface area contributed by atoms with Crippen molar-refractivity contribution < 1.29 is 9.53 Å². The minimum Gasteiger partial charge on any atom is -0.460 e. The van der Waals surface area contributed by atoms with Crippen LogP contribution in [0.15, 0.2) is 36.7 Å². The third-order valence-electron chi connectivity index (χ3n) is 2.45. The highest BCUT2D eigenvalue weighted by Gasteiger charge is 2.08. The van der Waals surface area contributed by atoms with E-state index in [1.807, 2.05) is 19.2 Å². The Morgan fingerprint density at radius 1 is 1.44 bits per heavy atom. The molecule has 0 radical (unpaired) electrons. The van der Waals surface area contributed by atoms with Crippen LogP contribution in [0.5, 0.6) is 0 Å². The van der Waals surface area contributed by atoms with Crippen LogP contribution in [0.4, 0.5) is 5.69 Å². The largest absolute Gasteiger partial charge is 0.460 e. The Morgan fingerprint density at radius 2 is 2.28 bits per heavy atom. The molecule has 18 heavy (non-hydrogen) atoms. The van der Waals surface area contributed by atoms with E-state index in [0.29, 0.717) is 17.8 Å². The SMILES string of the molecule is Cc1cc(N)cc(C(=O)OCCn2cccn2)c1. The van der Waals surface area contributed by atoms with Crippen molar-refractivity contribution in [1.29, 1.82) is 0 Å². The van der Waals surface area contributed by atoms with Crippen molar-refractivity contribution in [3.05, 3.63) is 47.8 Å². The van der Waals surface area contributed by atoms with E-state index in [2.05, 4.69) is 5.10 Å². The molecule has 1 aromatic carbocycles. The van der Waals surface area contributed by atoms with Crippen molar-refractivity contribution >= 4 is 11.7 Å². The maximum Gasteiger partial charge on any atom is 0.338 e. The first-order valence-corrected chi connectivity index (χ1v) is 5.67. The van der Waals surface area contributed by atoms with Crippen LogP contribution in [0.25, 0.3) is 0 Å². The molecular formula is C13H15N3O2. The van der Waals surface area contributed by atoms with Crippen LogP contribution in [-0.4, -0.2) is 22.4 Å². The number of nitrogens with two attached hydrogens (primary N) is 1. The molecule has 0 saturated heterocycles. The summed E-state index contributed by atoms with van der Waals surface area (Å²) in [5.74, 6) is -0.363. The van der Waals surface area contributed by atoms with Gasteiger partial charge in [0, 0.05) is 18.1 Å². The Bertz CT molecular complexity index is 515. The van der Waals surface area contributed by atoms with Crippen LogP contribution in [0.3, 0.4) is 0 Å². The van der Waals surface area contributed by atoms with Crippen LogP contribution in [-0.2, 0) is 11.3 Å². The van der Waals surface area contributed by atoms with Crippen LogP contribution in [0.2, 0.25) is 0 Å². The normalized spacial score (nSPS) is 10.3. The van der Waals surface area contributed by atoms with Crippen molar-refractivity contribution in [3.63, 3.8) is 0 Å². The number of carbonyl (C=O) groups excluding carboxylic acids is 1. The van der Waals surface area contributed by atoms with Crippen LogP contribution >= 0.6 is 0 Å². The second-order valence-corrected chi connectivity index (χ2v) is 4.04.